The number of imide groups is 1. The Morgan fingerprint density at radius 3 is 2.83 bits per heavy atom. The summed E-state index contributed by atoms with van der Waals surface area (Å²) in [5.74, 6) is 0.00738. The lowest BCUT2D eigenvalue weighted by atomic mass is 9.99. The highest BCUT2D eigenvalue weighted by Crippen LogP contribution is 2.29. The van der Waals surface area contributed by atoms with Gasteiger partial charge in [0.1, 0.15) is 6.04 Å². The Bertz CT molecular complexity index is 840. The number of rotatable bonds is 3. The number of nitrogens with zero attached hydrogens (tertiary/aromatic N) is 2. The average Bonchev–Trinajstić information content (AvgIpc) is 2.83. The molecule has 0 spiro atoms. The molecule has 4 heterocycles. The Morgan fingerprint density at radius 1 is 1.07 bits per heavy atom. The molecule has 2 N–H and O–H groups in total. The Balaban J connectivity index is 1.30. The Labute approximate surface area is 170 Å². The first-order chi connectivity index (χ1) is 14.1. The number of benzene rings is 1. The van der Waals surface area contributed by atoms with Crippen LogP contribution >= 0.6 is 0 Å². The van der Waals surface area contributed by atoms with Crippen molar-refractivity contribution in [2.75, 3.05) is 19.6 Å². The molecule has 1 aromatic rings. The minimum Gasteiger partial charge on any atom is -0.322 e. The van der Waals surface area contributed by atoms with Gasteiger partial charge in [0.2, 0.25) is 11.8 Å². The molecule has 3 unspecified atom stereocenters. The van der Waals surface area contributed by atoms with Crippen molar-refractivity contribution in [3.05, 3.63) is 34.9 Å². The summed E-state index contributed by atoms with van der Waals surface area (Å²) in [5, 5.41) is 6.05. The van der Waals surface area contributed by atoms with Crippen molar-refractivity contribution in [1.82, 2.24) is 20.4 Å². The smallest absolute Gasteiger partial charge is 0.255 e. The van der Waals surface area contributed by atoms with Crippen molar-refractivity contribution in [3.8, 4) is 0 Å². The van der Waals surface area contributed by atoms with E-state index in [4.69, 9.17) is 0 Å². The molecule has 0 saturated carbocycles. The molecule has 154 valence electrons. The van der Waals surface area contributed by atoms with Crippen LogP contribution in [-0.2, 0) is 22.7 Å². The number of hydrogen-bond acceptors (Lipinski definition) is 5. The summed E-state index contributed by atoms with van der Waals surface area (Å²) >= 11 is 0. The number of carbonyl (C=O) groups is 3. The predicted molar refractivity (Wildman–Crippen MR) is 107 cm³/mol. The summed E-state index contributed by atoms with van der Waals surface area (Å²) in [5.41, 5.74) is 2.83. The van der Waals surface area contributed by atoms with Crippen molar-refractivity contribution in [1.29, 1.82) is 0 Å². The zero-order chi connectivity index (χ0) is 20.0. The number of fused-ring (bicyclic) bond motifs is 4. The van der Waals surface area contributed by atoms with Gasteiger partial charge in [0.25, 0.3) is 5.91 Å². The maximum atomic E-state index is 13.0. The number of nitrogens with one attached hydrogen (secondary N) is 2. The van der Waals surface area contributed by atoms with Crippen LogP contribution in [0.15, 0.2) is 18.2 Å². The van der Waals surface area contributed by atoms with Crippen molar-refractivity contribution in [3.63, 3.8) is 0 Å². The summed E-state index contributed by atoms with van der Waals surface area (Å²) in [7, 11) is 0. The van der Waals surface area contributed by atoms with Gasteiger partial charge in [-0.05, 0) is 48.9 Å². The van der Waals surface area contributed by atoms with Gasteiger partial charge in [-0.15, -0.1) is 0 Å². The van der Waals surface area contributed by atoms with Crippen LogP contribution in [0.2, 0.25) is 0 Å². The average molecular weight is 396 g/mol. The molecular formula is C22H28N4O3. The van der Waals surface area contributed by atoms with Gasteiger partial charge in [-0.3, -0.25) is 24.6 Å². The molecule has 7 heteroatoms. The Hall–Kier alpha value is -2.25. The molecule has 4 aliphatic rings. The third-order valence-corrected chi connectivity index (χ3v) is 6.85. The highest BCUT2D eigenvalue weighted by Gasteiger charge is 2.39. The van der Waals surface area contributed by atoms with Crippen LogP contribution in [0.3, 0.4) is 0 Å². The first-order valence-electron chi connectivity index (χ1n) is 10.8. The highest BCUT2D eigenvalue weighted by molar-refractivity contribution is 6.05. The van der Waals surface area contributed by atoms with Crippen LogP contribution in [0.5, 0.6) is 0 Å². The lowest BCUT2D eigenvalue weighted by Gasteiger charge is -2.29. The highest BCUT2D eigenvalue weighted by atomic mass is 16.2. The summed E-state index contributed by atoms with van der Waals surface area (Å²) in [6.45, 7) is 4.58. The maximum absolute atomic E-state index is 13.0. The lowest BCUT2D eigenvalue weighted by molar-refractivity contribution is -0.136. The van der Waals surface area contributed by atoms with Crippen LogP contribution in [0.4, 0.5) is 0 Å². The quantitative estimate of drug-likeness (QED) is 0.746. The van der Waals surface area contributed by atoms with E-state index < -0.39 is 6.04 Å². The molecular weight excluding hydrogens is 368 g/mol. The summed E-state index contributed by atoms with van der Waals surface area (Å²) < 4.78 is 0. The minimum atomic E-state index is -0.549. The van der Waals surface area contributed by atoms with Gasteiger partial charge in [0, 0.05) is 44.2 Å². The molecule has 3 amide bonds. The molecule has 0 radical (unpaired) electrons. The number of hydrogen-bond donors (Lipinski definition) is 2. The number of likely N-dealkylation sites (tertiary alicyclic amines) is 1. The lowest BCUT2D eigenvalue weighted by Crippen LogP contribution is -2.52. The van der Waals surface area contributed by atoms with E-state index in [0.717, 1.165) is 37.3 Å². The number of piperidine rings is 1. The van der Waals surface area contributed by atoms with E-state index in [-0.39, 0.29) is 24.1 Å². The van der Waals surface area contributed by atoms with Crippen LogP contribution in [-0.4, -0.2) is 59.2 Å². The molecule has 2 bridgehead atoms. The van der Waals surface area contributed by atoms with E-state index in [1.807, 2.05) is 12.1 Å². The molecule has 3 fully saturated rings. The molecule has 3 saturated heterocycles. The van der Waals surface area contributed by atoms with E-state index in [2.05, 4.69) is 21.6 Å². The van der Waals surface area contributed by atoms with Gasteiger partial charge in [0.15, 0.2) is 0 Å². The van der Waals surface area contributed by atoms with Gasteiger partial charge in [-0.2, -0.15) is 0 Å². The van der Waals surface area contributed by atoms with Crippen molar-refractivity contribution >= 4 is 17.7 Å². The fraction of sp³-hybridized carbons (Fsp3) is 0.591. The molecule has 4 aliphatic heterocycles. The van der Waals surface area contributed by atoms with Gasteiger partial charge in [-0.25, -0.2) is 0 Å². The van der Waals surface area contributed by atoms with Crippen molar-refractivity contribution in [2.45, 2.75) is 57.3 Å². The van der Waals surface area contributed by atoms with E-state index in [0.29, 0.717) is 30.5 Å². The molecule has 29 heavy (non-hydrogen) atoms. The topological polar surface area (TPSA) is 81.8 Å². The normalized spacial score (nSPS) is 30.1. The van der Waals surface area contributed by atoms with Crippen molar-refractivity contribution < 1.29 is 14.4 Å². The van der Waals surface area contributed by atoms with Crippen LogP contribution in [0.1, 0.15) is 53.6 Å². The SMILES string of the molecule is O=C1CCC(N2Cc3ccc(CN4CC5CCCC(C4)NC5)cc3C2=O)C(=O)N1. The van der Waals surface area contributed by atoms with Crippen LogP contribution in [0.25, 0.3) is 0 Å². The van der Waals surface area contributed by atoms with E-state index in [1.165, 1.54) is 19.3 Å². The maximum Gasteiger partial charge on any atom is 0.255 e. The fourth-order valence-electron chi connectivity index (χ4n) is 5.34. The molecule has 7 nitrogen and oxygen atoms in total. The monoisotopic (exact) mass is 396 g/mol. The van der Waals surface area contributed by atoms with Gasteiger partial charge >= 0.3 is 0 Å². The molecule has 5 rings (SSSR count). The van der Waals surface area contributed by atoms with E-state index >= 15 is 0 Å². The van der Waals surface area contributed by atoms with E-state index in [1.54, 1.807) is 4.90 Å². The Kier molecular flexibility index (Phi) is 4.87. The summed E-state index contributed by atoms with van der Waals surface area (Å²) in [6.07, 6.45) is 4.55. The first kappa shape index (κ1) is 18.8. The third kappa shape index (κ3) is 3.69. The number of amides is 3. The minimum absolute atomic E-state index is 0.0919. The summed E-state index contributed by atoms with van der Waals surface area (Å²) in [4.78, 5) is 40.8. The second kappa shape index (κ2) is 7.54. The second-order valence-electron chi connectivity index (χ2n) is 8.99. The summed E-state index contributed by atoms with van der Waals surface area (Å²) in [6, 6.07) is 6.19. The van der Waals surface area contributed by atoms with Crippen LogP contribution in [0, 0.1) is 5.92 Å². The predicted octanol–water partition coefficient (Wildman–Crippen LogP) is 1.02. The zero-order valence-corrected chi connectivity index (χ0v) is 16.7. The Morgan fingerprint density at radius 2 is 1.97 bits per heavy atom. The largest absolute Gasteiger partial charge is 0.322 e. The fourth-order valence-corrected chi connectivity index (χ4v) is 5.34. The molecule has 0 aliphatic carbocycles. The van der Waals surface area contributed by atoms with E-state index in [9.17, 15) is 14.4 Å². The van der Waals surface area contributed by atoms with Gasteiger partial charge in [0.05, 0.1) is 0 Å². The molecule has 1 aromatic carbocycles. The first-order valence-corrected chi connectivity index (χ1v) is 10.8. The van der Waals surface area contributed by atoms with Crippen molar-refractivity contribution in [2.24, 2.45) is 5.92 Å². The second-order valence-corrected chi connectivity index (χ2v) is 8.99. The van der Waals surface area contributed by atoms with Gasteiger partial charge < -0.3 is 10.2 Å². The zero-order valence-electron chi connectivity index (χ0n) is 16.7. The molecule has 0 aromatic heterocycles. The van der Waals surface area contributed by atoms with Gasteiger partial charge in [-0.1, -0.05) is 18.6 Å². The van der Waals surface area contributed by atoms with Crippen LogP contribution < -0.4 is 10.6 Å². The number of carbonyl (C=O) groups excluding carboxylic acids is 3. The third-order valence-electron chi connectivity index (χ3n) is 6.85. The molecule has 3 atom stereocenters. The standard InChI is InChI=1S/C22H28N4O3/c27-20-7-6-19(21(28)24-20)26-12-16-5-4-14(8-18(16)22(26)29)10-25-11-15-2-1-3-17(13-25)23-9-15/h4-5,8,15,17,19,23H,1-3,6-7,9-13H2,(H,24,27,28).